The average molecular weight is 983 g/mol. The molecule has 13 N–H and O–H groups in total. The number of nitrogens with two attached hydrogens (primary N) is 3. The zero-order valence-electron chi connectivity index (χ0n) is 39.3. The van der Waals surface area contributed by atoms with E-state index in [2.05, 4.69) is 37.2 Å². The Morgan fingerprint density at radius 2 is 1.38 bits per heavy atom. The smallest absolute Gasteiger partial charge is 0.243 e. The second-order valence-electron chi connectivity index (χ2n) is 17.6. The molecule has 1 saturated carbocycles. The molecule has 2 aromatic carbocycles. The van der Waals surface area contributed by atoms with E-state index in [1.54, 1.807) is 50.2 Å². The van der Waals surface area contributed by atoms with Crippen molar-refractivity contribution in [3.8, 4) is 5.75 Å². The van der Waals surface area contributed by atoms with Crippen LogP contribution in [0.25, 0.3) is 0 Å². The first-order valence-corrected chi connectivity index (χ1v) is 25.7. The van der Waals surface area contributed by atoms with Gasteiger partial charge in [0.25, 0.3) is 0 Å². The van der Waals surface area contributed by atoms with E-state index in [-0.39, 0.29) is 44.0 Å². The molecule has 2 aliphatic rings. The number of nitrogens with one attached hydrogen (secondary N) is 7. The number of hydrogen-bond donors (Lipinski definition) is 10. The summed E-state index contributed by atoms with van der Waals surface area (Å²) in [6.45, 7) is 6.08. The molecule has 1 saturated heterocycles. The minimum atomic E-state index is -1.55. The molecule has 19 nitrogen and oxygen atoms in total. The summed E-state index contributed by atoms with van der Waals surface area (Å²) in [4.78, 5) is 110. The van der Waals surface area contributed by atoms with Crippen molar-refractivity contribution in [3.05, 3.63) is 65.7 Å². The highest BCUT2D eigenvalue weighted by atomic mass is 33.1. The van der Waals surface area contributed by atoms with E-state index in [0.29, 0.717) is 50.1 Å². The second kappa shape index (κ2) is 28.2. The summed E-state index contributed by atoms with van der Waals surface area (Å²) >= 11 is 0. The van der Waals surface area contributed by atoms with Gasteiger partial charge in [-0.2, -0.15) is 0 Å². The third kappa shape index (κ3) is 18.3. The van der Waals surface area contributed by atoms with Gasteiger partial charge in [-0.3, -0.25) is 38.4 Å². The molecule has 0 aromatic heterocycles. The molecule has 0 unspecified atom stereocenters. The van der Waals surface area contributed by atoms with Gasteiger partial charge in [0.15, 0.2) is 0 Å². The van der Waals surface area contributed by atoms with Gasteiger partial charge in [0.2, 0.25) is 47.3 Å². The van der Waals surface area contributed by atoms with E-state index in [4.69, 9.17) is 21.9 Å². The molecule has 1 aliphatic heterocycles. The normalized spacial score (nSPS) is 22.6. The van der Waals surface area contributed by atoms with E-state index in [0.717, 1.165) is 24.8 Å². The molecule has 1 spiro atoms. The lowest BCUT2D eigenvalue weighted by Crippen LogP contribution is -2.61. The van der Waals surface area contributed by atoms with Crippen LogP contribution in [0.15, 0.2) is 54.6 Å². The van der Waals surface area contributed by atoms with Crippen molar-refractivity contribution < 1.29 is 43.1 Å². The predicted molar refractivity (Wildman–Crippen MR) is 263 cm³/mol. The summed E-state index contributed by atoms with van der Waals surface area (Å²) in [6.07, 6.45) is 4.41. The van der Waals surface area contributed by atoms with E-state index in [1.165, 1.54) is 21.6 Å². The molecule has 8 amide bonds. The Kier molecular flexibility index (Phi) is 22.9. The Bertz CT molecular complexity index is 2010. The first-order chi connectivity index (χ1) is 32.5. The van der Waals surface area contributed by atoms with Crippen LogP contribution in [0.1, 0.15) is 89.7 Å². The zero-order valence-corrected chi connectivity index (χ0v) is 40.9. The van der Waals surface area contributed by atoms with Crippen LogP contribution in [0.4, 0.5) is 0 Å². The van der Waals surface area contributed by atoms with Crippen molar-refractivity contribution >= 4 is 68.8 Å². The zero-order chi connectivity index (χ0) is 49.6. The van der Waals surface area contributed by atoms with E-state index < -0.39 is 94.7 Å². The van der Waals surface area contributed by atoms with Gasteiger partial charge in [-0.25, -0.2) is 0 Å². The second-order valence-corrected chi connectivity index (χ2v) is 20.4. The van der Waals surface area contributed by atoms with Gasteiger partial charge >= 0.3 is 0 Å². The highest BCUT2D eigenvalue weighted by Crippen LogP contribution is 2.48. The monoisotopic (exact) mass is 982 g/mol. The lowest BCUT2D eigenvalue weighted by Gasteiger charge is -2.36. The number of carbonyl (C=O) groups is 8. The molecule has 0 bridgehead atoms. The van der Waals surface area contributed by atoms with Gasteiger partial charge in [-0.05, 0) is 68.3 Å². The van der Waals surface area contributed by atoms with Crippen molar-refractivity contribution in [2.24, 2.45) is 23.1 Å². The SMILES string of the molecule is CCOc1ccc(C[C@H]2NC(=O)CC3(CCCCC3)SSC[C@H](C(=O)NCCNC(=O)[C@H](N)CCCN)NC(=O)[C@@H](CC(N)=O)NC(=O)[C@H](C(C)C)NC(=O)[C@@H](Cc3ccccc3)NC2=O)cc1. The molecule has 6 atom stereocenters. The quantitative estimate of drug-likeness (QED) is 0.0769. The Morgan fingerprint density at radius 1 is 0.779 bits per heavy atom. The van der Waals surface area contributed by atoms with Crippen LogP contribution in [0.3, 0.4) is 0 Å². The fourth-order valence-electron chi connectivity index (χ4n) is 7.93. The van der Waals surface area contributed by atoms with Crippen molar-refractivity contribution in [1.29, 1.82) is 0 Å². The number of primary amides is 1. The molecular weight excluding hydrogens is 913 g/mol. The van der Waals surface area contributed by atoms with Crippen LogP contribution in [0.5, 0.6) is 5.75 Å². The predicted octanol–water partition coefficient (Wildman–Crippen LogP) is 0.612. The molecule has 1 aliphatic carbocycles. The van der Waals surface area contributed by atoms with E-state index >= 15 is 0 Å². The van der Waals surface area contributed by atoms with Crippen LogP contribution in [0, 0.1) is 5.92 Å². The summed E-state index contributed by atoms with van der Waals surface area (Å²) in [5, 5.41) is 19.3. The molecule has 68 heavy (non-hydrogen) atoms. The molecule has 0 radical (unpaired) electrons. The van der Waals surface area contributed by atoms with E-state index in [9.17, 15) is 38.4 Å². The Hall–Kier alpha value is -5.38. The standard InChI is InChI=1S/C47H70N10O9S2/c1-4-66-32-17-15-31(16-18-32)25-34-43(62)54-35(24-30-12-7-5-8-13-30)45(64)57-40(29(2)3)46(65)55-36(26-38(50)58)44(63)56-37(42(61)52-23-22-51-41(60)33(49)14-11-21-48)28-67-68-47(27-39(59)53-34)19-9-6-10-20-47/h5,7-8,12-13,15-18,29,33-37,40H,4,6,9-11,14,19-28,48-49H2,1-3H3,(H2,50,58)(H,51,60)(H,52,61)(H,53,59)(H,54,62)(H,55,65)(H,56,63)(H,57,64)/t33-,34-,35-,36-,37-,40+/m1/s1. The summed E-state index contributed by atoms with van der Waals surface area (Å²) in [6, 6.07) is 8.98. The highest BCUT2D eigenvalue weighted by molar-refractivity contribution is 8.77. The first-order valence-electron chi connectivity index (χ1n) is 23.4. The Balaban J connectivity index is 1.71. The molecule has 4 rings (SSSR count). The lowest BCUT2D eigenvalue weighted by molar-refractivity contribution is -0.136. The van der Waals surface area contributed by atoms with Crippen molar-refractivity contribution in [1.82, 2.24) is 37.2 Å². The van der Waals surface area contributed by atoms with Gasteiger partial charge < -0.3 is 59.2 Å². The lowest BCUT2D eigenvalue weighted by atomic mass is 9.85. The molecule has 2 fully saturated rings. The van der Waals surface area contributed by atoms with Crippen LogP contribution in [-0.2, 0) is 51.2 Å². The van der Waals surface area contributed by atoms with Crippen LogP contribution >= 0.6 is 21.6 Å². The average Bonchev–Trinajstić information content (AvgIpc) is 3.30. The maximum Gasteiger partial charge on any atom is 0.243 e. The number of ether oxygens (including phenoxy) is 1. The summed E-state index contributed by atoms with van der Waals surface area (Å²) < 4.78 is 5.00. The third-order valence-corrected chi connectivity index (χ3v) is 15.0. The Labute approximate surface area is 406 Å². The molecule has 21 heteroatoms. The molecular formula is C47H70N10O9S2. The van der Waals surface area contributed by atoms with Gasteiger partial charge in [-0.15, -0.1) is 0 Å². The van der Waals surface area contributed by atoms with Crippen LogP contribution < -0.4 is 59.2 Å². The van der Waals surface area contributed by atoms with Crippen molar-refractivity contribution in [2.75, 3.05) is 32.0 Å². The first kappa shape index (κ1) is 55.2. The van der Waals surface area contributed by atoms with Gasteiger partial charge in [0.05, 0.1) is 19.1 Å². The number of hydrogen-bond acceptors (Lipinski definition) is 13. The fraction of sp³-hybridized carbons (Fsp3) is 0.574. The summed E-state index contributed by atoms with van der Waals surface area (Å²) in [7, 11) is 2.71. The molecule has 374 valence electrons. The highest BCUT2D eigenvalue weighted by Gasteiger charge is 2.39. The minimum Gasteiger partial charge on any atom is -0.494 e. The van der Waals surface area contributed by atoms with Crippen LogP contribution in [-0.4, -0.2) is 120 Å². The maximum atomic E-state index is 14.5. The molecule has 2 aromatic rings. The summed E-state index contributed by atoms with van der Waals surface area (Å²) in [5.74, 6) is -5.30. The van der Waals surface area contributed by atoms with Gasteiger partial charge in [0, 0.05) is 42.9 Å². The maximum absolute atomic E-state index is 14.5. The van der Waals surface area contributed by atoms with Crippen molar-refractivity contribution in [3.63, 3.8) is 0 Å². The topological polar surface area (TPSA) is 308 Å². The van der Waals surface area contributed by atoms with Gasteiger partial charge in [0.1, 0.15) is 36.0 Å². The number of benzene rings is 2. The third-order valence-electron chi connectivity index (χ3n) is 11.7. The van der Waals surface area contributed by atoms with Gasteiger partial charge in [-0.1, -0.05) is 97.2 Å². The van der Waals surface area contributed by atoms with Crippen molar-refractivity contribution in [2.45, 2.75) is 132 Å². The fourth-order valence-corrected chi connectivity index (χ4v) is 11.3. The van der Waals surface area contributed by atoms with E-state index in [1.807, 2.05) is 25.1 Å². The minimum absolute atomic E-state index is 0.00454. The largest absolute Gasteiger partial charge is 0.494 e. The number of rotatable bonds is 17. The summed E-state index contributed by atoms with van der Waals surface area (Å²) in [5.41, 5.74) is 18.5. The Morgan fingerprint density at radius 3 is 2.01 bits per heavy atom. The van der Waals surface area contributed by atoms with Crippen LogP contribution in [0.2, 0.25) is 0 Å². The molecule has 1 heterocycles. The number of carbonyl (C=O) groups excluding carboxylic acids is 8. The number of amides is 8.